The summed E-state index contributed by atoms with van der Waals surface area (Å²) in [5, 5.41) is 2.84. The van der Waals surface area contributed by atoms with Gasteiger partial charge in [-0.15, -0.1) is 0 Å². The average molecular weight is 342 g/mol. The van der Waals surface area contributed by atoms with E-state index in [1.807, 2.05) is 0 Å². The molecule has 2 saturated heterocycles. The molecule has 2 fully saturated rings. The topological polar surface area (TPSA) is 60.0 Å². The Morgan fingerprint density at radius 3 is 2.54 bits per heavy atom. The Labute approximate surface area is 138 Å². The lowest BCUT2D eigenvalue weighted by molar-refractivity contribution is -0.170. The van der Waals surface area contributed by atoms with Crippen LogP contribution in [0.5, 0.6) is 5.75 Å². The molecule has 2 amide bonds. The zero-order chi connectivity index (χ0) is 17.3. The number of hydrogen-bond acceptors (Lipinski definition) is 4. The third-order valence-corrected chi connectivity index (χ3v) is 4.11. The molecule has 0 spiro atoms. The summed E-state index contributed by atoms with van der Waals surface area (Å²) in [7, 11) is 0. The number of amides is 2. The minimum Gasteiger partial charge on any atom is -0.435 e. The molecule has 1 N–H and O–H groups in total. The zero-order valence-electron chi connectivity index (χ0n) is 13.6. The molecule has 0 aliphatic carbocycles. The van der Waals surface area contributed by atoms with Crippen LogP contribution >= 0.6 is 0 Å². The first-order valence-electron chi connectivity index (χ1n) is 7.77. The van der Waals surface area contributed by atoms with Crippen LogP contribution in [0.4, 0.5) is 19.3 Å². The molecule has 2 aliphatic heterocycles. The molecule has 2 atom stereocenters. The summed E-state index contributed by atoms with van der Waals surface area (Å²) in [6, 6.07) is 2.90. The van der Waals surface area contributed by atoms with Gasteiger partial charge >= 0.3 is 12.6 Å². The molecule has 2 unspecified atom stereocenters. The summed E-state index contributed by atoms with van der Waals surface area (Å²) < 4.78 is 40.3. The normalized spacial score (nSPS) is 23.3. The number of benzene rings is 1. The van der Waals surface area contributed by atoms with Gasteiger partial charge in [0.1, 0.15) is 5.75 Å². The molecule has 8 heteroatoms. The lowest BCUT2D eigenvalue weighted by Crippen LogP contribution is -2.56. The number of anilines is 1. The fraction of sp³-hybridized carbons (Fsp3) is 0.562. The number of ether oxygens (including phenoxy) is 3. The molecular weight excluding hydrogens is 322 g/mol. The number of alkyl halides is 2. The molecule has 3 rings (SSSR count). The number of nitrogens with one attached hydrogen (secondary N) is 1. The van der Waals surface area contributed by atoms with Gasteiger partial charge in [-0.1, -0.05) is 0 Å². The van der Waals surface area contributed by atoms with E-state index in [1.165, 1.54) is 6.07 Å². The van der Waals surface area contributed by atoms with Crippen LogP contribution in [0.25, 0.3) is 0 Å². The van der Waals surface area contributed by atoms with Gasteiger partial charge in [-0.2, -0.15) is 8.78 Å². The quantitative estimate of drug-likeness (QED) is 0.917. The van der Waals surface area contributed by atoms with Crippen molar-refractivity contribution in [1.29, 1.82) is 0 Å². The molecule has 0 radical (unpaired) electrons. The van der Waals surface area contributed by atoms with E-state index in [-0.39, 0.29) is 24.0 Å². The number of carbonyl (C=O) groups is 1. The lowest BCUT2D eigenvalue weighted by Gasteiger charge is -2.41. The first kappa shape index (κ1) is 16.9. The minimum absolute atomic E-state index is 0.104. The highest BCUT2D eigenvalue weighted by molar-refractivity contribution is 5.90. The van der Waals surface area contributed by atoms with Crippen LogP contribution in [0, 0.1) is 13.8 Å². The predicted molar refractivity (Wildman–Crippen MR) is 82.6 cm³/mol. The maximum atomic E-state index is 12.5. The van der Waals surface area contributed by atoms with Gasteiger partial charge in [0, 0.05) is 5.69 Å². The van der Waals surface area contributed by atoms with E-state index >= 15 is 0 Å². The smallest absolute Gasteiger partial charge is 0.387 e. The van der Waals surface area contributed by atoms with Crippen molar-refractivity contribution < 1.29 is 27.8 Å². The summed E-state index contributed by atoms with van der Waals surface area (Å²) in [5.41, 5.74) is 1.76. The van der Waals surface area contributed by atoms with Gasteiger partial charge in [0.2, 0.25) is 0 Å². The van der Waals surface area contributed by atoms with Crippen LogP contribution in [0.2, 0.25) is 0 Å². The Morgan fingerprint density at radius 1 is 1.25 bits per heavy atom. The van der Waals surface area contributed by atoms with E-state index in [0.29, 0.717) is 43.1 Å². The number of aryl methyl sites for hydroxylation is 2. The highest BCUT2D eigenvalue weighted by atomic mass is 19.3. The van der Waals surface area contributed by atoms with Gasteiger partial charge in [0.15, 0.2) is 0 Å². The van der Waals surface area contributed by atoms with Gasteiger partial charge in [-0.3, -0.25) is 0 Å². The molecule has 0 saturated carbocycles. The van der Waals surface area contributed by atoms with Crippen molar-refractivity contribution >= 4 is 11.7 Å². The second-order valence-electron chi connectivity index (χ2n) is 6.06. The van der Waals surface area contributed by atoms with Gasteiger partial charge in [0.05, 0.1) is 38.5 Å². The van der Waals surface area contributed by atoms with Crippen LogP contribution < -0.4 is 10.1 Å². The van der Waals surface area contributed by atoms with E-state index in [9.17, 15) is 13.6 Å². The highest BCUT2D eigenvalue weighted by Crippen LogP contribution is 2.28. The first-order chi connectivity index (χ1) is 11.4. The van der Waals surface area contributed by atoms with Crippen molar-refractivity contribution in [2.24, 2.45) is 0 Å². The van der Waals surface area contributed by atoms with E-state index in [1.54, 1.807) is 24.8 Å². The molecule has 2 bridgehead atoms. The number of urea groups is 1. The molecule has 2 aliphatic rings. The summed E-state index contributed by atoms with van der Waals surface area (Å²) in [5.74, 6) is 0.110. The highest BCUT2D eigenvalue weighted by Gasteiger charge is 2.34. The lowest BCUT2D eigenvalue weighted by atomic mass is 10.1. The monoisotopic (exact) mass is 342 g/mol. The number of nitrogens with zero attached hydrogens (tertiary/aromatic N) is 1. The SMILES string of the molecule is Cc1cc(OC(F)F)c(C)cc1NC(=O)N1CC2COCC(C1)O2. The molecule has 6 nitrogen and oxygen atoms in total. The number of rotatable bonds is 3. The van der Waals surface area contributed by atoms with E-state index in [2.05, 4.69) is 10.1 Å². The third kappa shape index (κ3) is 3.76. The number of morpholine rings is 1. The molecule has 2 heterocycles. The van der Waals surface area contributed by atoms with Crippen molar-refractivity contribution in [2.45, 2.75) is 32.7 Å². The Morgan fingerprint density at radius 2 is 1.92 bits per heavy atom. The van der Waals surface area contributed by atoms with Gasteiger partial charge in [-0.05, 0) is 37.1 Å². The van der Waals surface area contributed by atoms with Crippen molar-refractivity contribution in [3.8, 4) is 5.75 Å². The summed E-state index contributed by atoms with van der Waals surface area (Å²) in [4.78, 5) is 14.2. The maximum Gasteiger partial charge on any atom is 0.387 e. The summed E-state index contributed by atoms with van der Waals surface area (Å²) in [6.45, 7) is 2.41. The maximum absolute atomic E-state index is 12.5. The predicted octanol–water partition coefficient (Wildman–Crippen LogP) is 2.54. The second-order valence-corrected chi connectivity index (χ2v) is 6.06. The van der Waals surface area contributed by atoms with Crippen molar-refractivity contribution in [2.75, 3.05) is 31.6 Å². The van der Waals surface area contributed by atoms with Crippen LogP contribution in [0.1, 0.15) is 11.1 Å². The summed E-state index contributed by atoms with van der Waals surface area (Å²) in [6.07, 6.45) is -0.208. The fourth-order valence-electron chi connectivity index (χ4n) is 2.95. The van der Waals surface area contributed by atoms with Gasteiger partial charge in [-0.25, -0.2) is 4.79 Å². The standard InChI is InChI=1S/C16H20F2N2O4/c1-9-4-14(24-15(17)18)10(2)3-13(9)19-16(21)20-5-11-7-22-8-12(6-20)23-11/h3-4,11-12,15H,5-8H2,1-2H3,(H,19,21). The van der Waals surface area contributed by atoms with Crippen LogP contribution in [0.3, 0.4) is 0 Å². The molecule has 0 aromatic heterocycles. The zero-order valence-corrected chi connectivity index (χ0v) is 13.6. The Balaban J connectivity index is 1.69. The van der Waals surface area contributed by atoms with Crippen molar-refractivity contribution in [3.05, 3.63) is 23.3 Å². The van der Waals surface area contributed by atoms with Crippen LogP contribution in [0.15, 0.2) is 12.1 Å². The van der Waals surface area contributed by atoms with Gasteiger partial charge < -0.3 is 24.4 Å². The van der Waals surface area contributed by atoms with Crippen molar-refractivity contribution in [3.63, 3.8) is 0 Å². The Hall–Kier alpha value is -1.93. The van der Waals surface area contributed by atoms with E-state index in [4.69, 9.17) is 9.47 Å². The average Bonchev–Trinajstić information content (AvgIpc) is 2.51. The number of halogens is 2. The van der Waals surface area contributed by atoms with E-state index in [0.717, 1.165) is 0 Å². The van der Waals surface area contributed by atoms with Crippen molar-refractivity contribution in [1.82, 2.24) is 4.90 Å². The Kier molecular flexibility index (Phi) is 4.86. The number of fused-ring (bicyclic) bond motifs is 2. The second kappa shape index (κ2) is 6.90. The molecule has 1 aromatic rings. The molecule has 1 aromatic carbocycles. The van der Waals surface area contributed by atoms with Crippen LogP contribution in [-0.2, 0) is 9.47 Å². The third-order valence-electron chi connectivity index (χ3n) is 4.11. The molecule has 132 valence electrons. The number of hydrogen-bond donors (Lipinski definition) is 1. The largest absolute Gasteiger partial charge is 0.435 e. The van der Waals surface area contributed by atoms with E-state index < -0.39 is 6.61 Å². The molecule has 24 heavy (non-hydrogen) atoms. The minimum atomic E-state index is -2.88. The van der Waals surface area contributed by atoms with Gasteiger partial charge in [0.25, 0.3) is 0 Å². The first-order valence-corrected chi connectivity index (χ1v) is 7.77. The van der Waals surface area contributed by atoms with Crippen LogP contribution in [-0.4, -0.2) is 56.1 Å². The Bertz CT molecular complexity index is 614. The summed E-state index contributed by atoms with van der Waals surface area (Å²) >= 11 is 0. The number of carbonyl (C=O) groups excluding carboxylic acids is 1. The molecular formula is C16H20F2N2O4. The fourth-order valence-corrected chi connectivity index (χ4v) is 2.95.